The molecule has 19 heavy (non-hydrogen) atoms. The van der Waals surface area contributed by atoms with E-state index in [1.165, 1.54) is 0 Å². The van der Waals surface area contributed by atoms with E-state index in [2.05, 4.69) is 0 Å². The fourth-order valence-electron chi connectivity index (χ4n) is 2.37. The minimum atomic E-state index is -0.277. The zero-order valence-electron chi connectivity index (χ0n) is 10.5. The molecule has 1 unspecified atom stereocenters. The van der Waals surface area contributed by atoms with Gasteiger partial charge in [0.15, 0.2) is 0 Å². The summed E-state index contributed by atoms with van der Waals surface area (Å²) in [4.78, 5) is 0.988. The van der Waals surface area contributed by atoms with E-state index < -0.39 is 0 Å². The summed E-state index contributed by atoms with van der Waals surface area (Å²) in [5, 5.41) is 2.67. The Morgan fingerprint density at radius 2 is 2.32 bits per heavy atom. The molecule has 100 valence electrons. The standard InChI is InChI=1S/C14H14ClNO2S/c1-17-11-3-5-19-14(11)12(16)10-7-9(15)6-8-2-4-18-13(8)10/h3,5-7,12H,2,4,16H2,1H3. The number of benzene rings is 1. The Balaban J connectivity index is 2.07. The number of hydrogen-bond acceptors (Lipinski definition) is 4. The summed E-state index contributed by atoms with van der Waals surface area (Å²) >= 11 is 7.75. The molecule has 5 heteroatoms. The monoisotopic (exact) mass is 295 g/mol. The van der Waals surface area contributed by atoms with Crippen molar-refractivity contribution in [3.05, 3.63) is 44.6 Å². The molecule has 0 amide bonds. The van der Waals surface area contributed by atoms with Crippen molar-refractivity contribution >= 4 is 22.9 Å². The second-order valence-electron chi connectivity index (χ2n) is 4.41. The van der Waals surface area contributed by atoms with Gasteiger partial charge in [0, 0.05) is 17.0 Å². The van der Waals surface area contributed by atoms with Crippen LogP contribution in [0.25, 0.3) is 0 Å². The summed E-state index contributed by atoms with van der Waals surface area (Å²) < 4.78 is 11.0. The van der Waals surface area contributed by atoms with Crippen molar-refractivity contribution in [1.29, 1.82) is 0 Å². The van der Waals surface area contributed by atoms with Crippen molar-refractivity contribution in [2.24, 2.45) is 5.73 Å². The predicted octanol–water partition coefficient (Wildman–Crippen LogP) is 3.39. The fraction of sp³-hybridized carbons (Fsp3) is 0.286. The van der Waals surface area contributed by atoms with E-state index in [-0.39, 0.29) is 6.04 Å². The van der Waals surface area contributed by atoms with Crippen LogP contribution in [0.15, 0.2) is 23.6 Å². The van der Waals surface area contributed by atoms with Crippen LogP contribution >= 0.6 is 22.9 Å². The zero-order valence-corrected chi connectivity index (χ0v) is 12.1. The molecule has 1 atom stereocenters. The topological polar surface area (TPSA) is 44.5 Å². The first kappa shape index (κ1) is 12.8. The number of thiophene rings is 1. The first-order chi connectivity index (χ1) is 9.20. The van der Waals surface area contributed by atoms with E-state index in [4.69, 9.17) is 26.8 Å². The van der Waals surface area contributed by atoms with Gasteiger partial charge in [0.05, 0.1) is 24.6 Å². The Labute approximate surface area is 120 Å². The van der Waals surface area contributed by atoms with Gasteiger partial charge < -0.3 is 15.2 Å². The summed E-state index contributed by atoms with van der Waals surface area (Å²) in [6, 6.07) is 5.48. The summed E-state index contributed by atoms with van der Waals surface area (Å²) in [5.74, 6) is 1.69. The molecule has 0 aliphatic carbocycles. The van der Waals surface area contributed by atoms with E-state index in [1.54, 1.807) is 18.4 Å². The van der Waals surface area contributed by atoms with Crippen molar-refractivity contribution in [3.8, 4) is 11.5 Å². The molecule has 2 aromatic rings. The normalized spacial score (nSPS) is 14.9. The highest BCUT2D eigenvalue weighted by molar-refractivity contribution is 7.10. The van der Waals surface area contributed by atoms with Crippen molar-refractivity contribution in [2.45, 2.75) is 12.5 Å². The Bertz CT molecular complexity index is 611. The molecule has 0 fully saturated rings. The molecule has 1 aromatic heterocycles. The lowest BCUT2D eigenvalue weighted by Gasteiger charge is -2.16. The number of hydrogen-bond donors (Lipinski definition) is 1. The molecule has 1 aliphatic rings. The van der Waals surface area contributed by atoms with Gasteiger partial charge in [-0.1, -0.05) is 11.6 Å². The zero-order chi connectivity index (χ0) is 13.4. The SMILES string of the molecule is COc1ccsc1C(N)c1cc(Cl)cc2c1OCC2. The van der Waals surface area contributed by atoms with Gasteiger partial charge in [-0.3, -0.25) is 0 Å². The third kappa shape index (κ3) is 2.20. The average Bonchev–Trinajstić information content (AvgIpc) is 3.04. The molecule has 0 radical (unpaired) electrons. The van der Waals surface area contributed by atoms with E-state index >= 15 is 0 Å². The summed E-state index contributed by atoms with van der Waals surface area (Å²) in [6.07, 6.45) is 0.886. The minimum absolute atomic E-state index is 0.277. The maximum Gasteiger partial charge on any atom is 0.134 e. The number of fused-ring (bicyclic) bond motifs is 1. The van der Waals surface area contributed by atoms with Gasteiger partial charge in [-0.25, -0.2) is 0 Å². The lowest BCUT2D eigenvalue weighted by Crippen LogP contribution is -2.12. The number of rotatable bonds is 3. The van der Waals surface area contributed by atoms with Crippen LogP contribution in [0.1, 0.15) is 22.0 Å². The van der Waals surface area contributed by atoms with Gasteiger partial charge >= 0.3 is 0 Å². The highest BCUT2D eigenvalue weighted by Crippen LogP contribution is 2.41. The van der Waals surface area contributed by atoms with Crippen LogP contribution in [-0.4, -0.2) is 13.7 Å². The minimum Gasteiger partial charge on any atom is -0.496 e. The van der Waals surface area contributed by atoms with Crippen LogP contribution in [0.4, 0.5) is 0 Å². The van der Waals surface area contributed by atoms with Crippen molar-refractivity contribution < 1.29 is 9.47 Å². The second kappa shape index (κ2) is 5.04. The molecule has 3 rings (SSSR count). The molecule has 0 saturated carbocycles. The van der Waals surface area contributed by atoms with E-state index in [0.29, 0.717) is 11.6 Å². The van der Waals surface area contributed by atoms with Crippen molar-refractivity contribution in [3.63, 3.8) is 0 Å². The van der Waals surface area contributed by atoms with Gasteiger partial charge in [-0.05, 0) is 29.1 Å². The van der Waals surface area contributed by atoms with Crippen LogP contribution in [0.3, 0.4) is 0 Å². The Morgan fingerprint density at radius 3 is 3.11 bits per heavy atom. The first-order valence-electron chi connectivity index (χ1n) is 6.02. The third-order valence-corrected chi connectivity index (χ3v) is 4.47. The molecule has 1 aromatic carbocycles. The largest absolute Gasteiger partial charge is 0.496 e. The molecule has 0 spiro atoms. The maximum absolute atomic E-state index is 6.37. The molecule has 2 heterocycles. The molecular weight excluding hydrogens is 282 g/mol. The van der Waals surface area contributed by atoms with Gasteiger partial charge in [-0.2, -0.15) is 0 Å². The predicted molar refractivity (Wildman–Crippen MR) is 77.6 cm³/mol. The van der Waals surface area contributed by atoms with Gasteiger partial charge in [-0.15, -0.1) is 11.3 Å². The third-order valence-electron chi connectivity index (χ3n) is 3.27. The van der Waals surface area contributed by atoms with Crippen LogP contribution in [0.5, 0.6) is 11.5 Å². The Morgan fingerprint density at radius 1 is 1.47 bits per heavy atom. The second-order valence-corrected chi connectivity index (χ2v) is 5.80. The first-order valence-corrected chi connectivity index (χ1v) is 7.28. The molecule has 3 nitrogen and oxygen atoms in total. The summed E-state index contributed by atoms with van der Waals surface area (Å²) in [6.45, 7) is 0.691. The summed E-state index contributed by atoms with van der Waals surface area (Å²) in [7, 11) is 1.65. The van der Waals surface area contributed by atoms with Crippen LogP contribution in [0.2, 0.25) is 5.02 Å². The Kier molecular flexibility index (Phi) is 3.39. The lowest BCUT2D eigenvalue weighted by atomic mass is 10.0. The smallest absolute Gasteiger partial charge is 0.134 e. The van der Waals surface area contributed by atoms with Crippen molar-refractivity contribution in [1.82, 2.24) is 0 Å². The fourth-order valence-corrected chi connectivity index (χ4v) is 3.50. The highest BCUT2D eigenvalue weighted by Gasteiger charge is 2.24. The molecule has 2 N–H and O–H groups in total. The van der Waals surface area contributed by atoms with Crippen LogP contribution < -0.4 is 15.2 Å². The molecule has 0 saturated heterocycles. The van der Waals surface area contributed by atoms with Gasteiger partial charge in [0.1, 0.15) is 11.5 Å². The average molecular weight is 296 g/mol. The van der Waals surface area contributed by atoms with E-state index in [9.17, 15) is 0 Å². The maximum atomic E-state index is 6.37. The van der Waals surface area contributed by atoms with Crippen LogP contribution in [0, 0.1) is 0 Å². The van der Waals surface area contributed by atoms with Crippen LogP contribution in [-0.2, 0) is 6.42 Å². The van der Waals surface area contributed by atoms with Crippen molar-refractivity contribution in [2.75, 3.05) is 13.7 Å². The van der Waals surface area contributed by atoms with E-state index in [0.717, 1.165) is 33.9 Å². The number of nitrogens with two attached hydrogens (primary N) is 1. The lowest BCUT2D eigenvalue weighted by molar-refractivity contribution is 0.352. The number of halogens is 1. The molecule has 0 bridgehead atoms. The van der Waals surface area contributed by atoms with Gasteiger partial charge in [0.2, 0.25) is 0 Å². The molecule has 1 aliphatic heterocycles. The molecular formula is C14H14ClNO2S. The quantitative estimate of drug-likeness (QED) is 0.944. The Hall–Kier alpha value is -1.23. The highest BCUT2D eigenvalue weighted by atomic mass is 35.5. The number of methoxy groups -OCH3 is 1. The number of ether oxygens (including phenoxy) is 2. The summed E-state index contributed by atoms with van der Waals surface area (Å²) in [5.41, 5.74) is 8.43. The van der Waals surface area contributed by atoms with E-state index in [1.807, 2.05) is 23.6 Å². The van der Waals surface area contributed by atoms with Gasteiger partial charge in [0.25, 0.3) is 0 Å².